The Kier molecular flexibility index (Phi) is 17.0. The maximum Gasteiger partial charge on any atom is 0.320 e. The maximum atomic E-state index is 12.3. The summed E-state index contributed by atoms with van der Waals surface area (Å²) in [6, 6.07) is 7.37. The van der Waals surface area contributed by atoms with Gasteiger partial charge in [-0.25, -0.2) is 0 Å². The molecule has 0 aliphatic heterocycles. The molecule has 0 unspecified atom stereocenters. The van der Waals surface area contributed by atoms with E-state index in [1.807, 2.05) is 20.8 Å². The SMILES string of the molecule is Cc1ccc(CCC(=O)NCC(C)(C)COCC(C)(C)CNC(=O)CCCCC(=O)NCCCC[C@H](N)C(=O)O)cc1. The van der Waals surface area contributed by atoms with Gasteiger partial charge in [-0.2, -0.15) is 0 Å². The van der Waals surface area contributed by atoms with Crippen molar-refractivity contribution < 1.29 is 29.0 Å². The van der Waals surface area contributed by atoms with Crippen LogP contribution in [0.5, 0.6) is 0 Å². The number of carboxylic acids is 1. The van der Waals surface area contributed by atoms with E-state index in [1.165, 1.54) is 5.56 Å². The lowest BCUT2D eigenvalue weighted by Gasteiger charge is -2.29. The minimum absolute atomic E-state index is 0.0305. The van der Waals surface area contributed by atoms with Gasteiger partial charge in [-0.05, 0) is 51.0 Å². The average Bonchev–Trinajstić information content (AvgIpc) is 2.92. The zero-order chi connectivity index (χ0) is 31.6. The number of rotatable bonds is 22. The lowest BCUT2D eigenvalue weighted by molar-refractivity contribution is -0.138. The summed E-state index contributed by atoms with van der Waals surface area (Å²) in [5, 5.41) is 17.6. The van der Waals surface area contributed by atoms with E-state index in [9.17, 15) is 19.2 Å². The number of nitrogens with one attached hydrogen (secondary N) is 3. The second-order valence-electron chi connectivity index (χ2n) is 12.9. The molecule has 1 atom stereocenters. The van der Waals surface area contributed by atoms with Crippen molar-refractivity contribution >= 4 is 23.7 Å². The molecule has 1 rings (SSSR count). The molecule has 42 heavy (non-hydrogen) atoms. The number of hydrogen-bond donors (Lipinski definition) is 5. The van der Waals surface area contributed by atoms with Crippen molar-refractivity contribution in [1.29, 1.82) is 0 Å². The monoisotopic (exact) mass is 590 g/mol. The maximum absolute atomic E-state index is 12.3. The molecule has 0 saturated heterocycles. The second-order valence-corrected chi connectivity index (χ2v) is 12.9. The number of unbranched alkanes of at least 4 members (excludes halogenated alkanes) is 2. The van der Waals surface area contributed by atoms with Gasteiger partial charge >= 0.3 is 5.97 Å². The number of hydrogen-bond acceptors (Lipinski definition) is 6. The highest BCUT2D eigenvalue weighted by molar-refractivity contribution is 5.77. The van der Waals surface area contributed by atoms with E-state index in [4.69, 9.17) is 15.6 Å². The van der Waals surface area contributed by atoms with E-state index in [0.29, 0.717) is 90.6 Å². The molecule has 0 radical (unpaired) electrons. The number of ether oxygens (including phenoxy) is 1. The minimum atomic E-state index is -1.01. The molecule has 6 N–H and O–H groups in total. The lowest BCUT2D eigenvalue weighted by Crippen LogP contribution is -2.39. The summed E-state index contributed by atoms with van der Waals surface area (Å²) in [7, 11) is 0. The number of carbonyl (C=O) groups is 4. The highest BCUT2D eigenvalue weighted by Crippen LogP contribution is 2.19. The zero-order valence-electron chi connectivity index (χ0n) is 26.4. The Morgan fingerprint density at radius 1 is 0.786 bits per heavy atom. The molecule has 238 valence electrons. The third-order valence-electron chi connectivity index (χ3n) is 6.91. The average molecular weight is 591 g/mol. The molecule has 1 aromatic carbocycles. The van der Waals surface area contributed by atoms with Crippen molar-refractivity contribution in [3.63, 3.8) is 0 Å². The van der Waals surface area contributed by atoms with Crippen LogP contribution in [-0.2, 0) is 30.3 Å². The Balaban J connectivity index is 2.13. The molecule has 10 heteroatoms. The predicted octanol–water partition coefficient (Wildman–Crippen LogP) is 3.49. The van der Waals surface area contributed by atoms with Gasteiger partial charge in [-0.15, -0.1) is 0 Å². The molecule has 1 aromatic rings. The van der Waals surface area contributed by atoms with Gasteiger partial charge in [0.1, 0.15) is 6.04 Å². The smallest absolute Gasteiger partial charge is 0.320 e. The zero-order valence-corrected chi connectivity index (χ0v) is 26.4. The van der Waals surface area contributed by atoms with Crippen molar-refractivity contribution in [3.8, 4) is 0 Å². The molecule has 0 saturated carbocycles. The van der Waals surface area contributed by atoms with Gasteiger partial charge in [0.15, 0.2) is 0 Å². The molecule has 10 nitrogen and oxygen atoms in total. The van der Waals surface area contributed by atoms with Crippen molar-refractivity contribution in [3.05, 3.63) is 35.4 Å². The third kappa shape index (κ3) is 18.5. The van der Waals surface area contributed by atoms with Gasteiger partial charge in [-0.3, -0.25) is 19.2 Å². The topological polar surface area (TPSA) is 160 Å². The molecule has 0 aromatic heterocycles. The summed E-state index contributed by atoms with van der Waals surface area (Å²) >= 11 is 0. The van der Waals surface area contributed by atoms with E-state index in [2.05, 4.69) is 54.1 Å². The molecule has 0 spiro atoms. The van der Waals surface area contributed by atoms with E-state index < -0.39 is 12.0 Å². The fourth-order valence-corrected chi connectivity index (χ4v) is 4.07. The number of carbonyl (C=O) groups excluding carboxylic acids is 3. The number of nitrogens with two attached hydrogens (primary N) is 1. The van der Waals surface area contributed by atoms with Crippen LogP contribution in [0.2, 0.25) is 0 Å². The fourth-order valence-electron chi connectivity index (χ4n) is 4.07. The normalized spacial score (nSPS) is 12.4. The van der Waals surface area contributed by atoms with Crippen molar-refractivity contribution in [2.24, 2.45) is 16.6 Å². The Morgan fingerprint density at radius 2 is 1.29 bits per heavy atom. The van der Waals surface area contributed by atoms with Crippen LogP contribution in [-0.4, -0.2) is 67.7 Å². The second kappa shape index (κ2) is 19.3. The molecular weight excluding hydrogens is 536 g/mol. The lowest BCUT2D eigenvalue weighted by atomic mass is 9.93. The first kappa shape index (κ1) is 37.0. The Labute approximate surface area is 251 Å². The van der Waals surface area contributed by atoms with Gasteiger partial charge in [-0.1, -0.05) is 57.5 Å². The van der Waals surface area contributed by atoms with E-state index in [-0.39, 0.29) is 28.6 Å². The summed E-state index contributed by atoms with van der Waals surface area (Å²) in [5.41, 5.74) is 7.34. The quantitative estimate of drug-likeness (QED) is 0.129. The molecule has 0 aliphatic carbocycles. The first-order valence-electron chi connectivity index (χ1n) is 15.1. The van der Waals surface area contributed by atoms with Crippen molar-refractivity contribution in [2.75, 3.05) is 32.8 Å². The summed E-state index contributed by atoms with van der Waals surface area (Å²) in [5.74, 6) is -1.10. The van der Waals surface area contributed by atoms with Crippen molar-refractivity contribution in [2.45, 2.75) is 98.4 Å². The molecule has 0 aliphatic rings. The van der Waals surface area contributed by atoms with Crippen LogP contribution >= 0.6 is 0 Å². The first-order chi connectivity index (χ1) is 19.7. The highest BCUT2D eigenvalue weighted by atomic mass is 16.5. The van der Waals surface area contributed by atoms with Crippen LogP contribution in [0, 0.1) is 17.8 Å². The number of benzene rings is 1. The van der Waals surface area contributed by atoms with E-state index >= 15 is 0 Å². The summed E-state index contributed by atoms with van der Waals surface area (Å²) in [6.07, 6.45) is 4.82. The summed E-state index contributed by atoms with van der Waals surface area (Å²) < 4.78 is 5.98. The number of amides is 3. The molecule has 3 amide bonds. The van der Waals surface area contributed by atoms with Crippen LogP contribution < -0.4 is 21.7 Å². The number of aliphatic carboxylic acids is 1. The van der Waals surface area contributed by atoms with Crippen LogP contribution in [0.15, 0.2) is 24.3 Å². The highest BCUT2D eigenvalue weighted by Gasteiger charge is 2.24. The van der Waals surface area contributed by atoms with Crippen molar-refractivity contribution in [1.82, 2.24) is 16.0 Å². The van der Waals surface area contributed by atoms with Crippen LogP contribution in [0.3, 0.4) is 0 Å². The van der Waals surface area contributed by atoms with Gasteiger partial charge in [0.25, 0.3) is 0 Å². The van der Waals surface area contributed by atoms with Crippen LogP contribution in [0.1, 0.15) is 90.2 Å². The molecule has 0 bridgehead atoms. The van der Waals surface area contributed by atoms with Crippen LogP contribution in [0.25, 0.3) is 0 Å². The first-order valence-corrected chi connectivity index (χ1v) is 15.1. The van der Waals surface area contributed by atoms with E-state index in [1.54, 1.807) is 0 Å². The Morgan fingerprint density at radius 3 is 1.81 bits per heavy atom. The Bertz CT molecular complexity index is 978. The fraction of sp³-hybridized carbons (Fsp3) is 0.688. The standard InChI is InChI=1S/C32H54N4O6/c1-24-13-15-25(16-14-24)17-18-29(39)36-21-32(4,5)23-42-22-31(2,3)20-35-28(38)12-7-6-11-27(37)34-19-9-8-10-26(33)30(40)41/h13-16,26H,6-12,17-23,33H2,1-5H3,(H,34,37)(H,35,38)(H,36,39)(H,40,41)/t26-/m0/s1. The number of aryl methyl sites for hydroxylation is 2. The molecule has 0 fully saturated rings. The minimum Gasteiger partial charge on any atom is -0.480 e. The molecular formula is C32H54N4O6. The van der Waals surface area contributed by atoms with E-state index in [0.717, 1.165) is 5.56 Å². The van der Waals surface area contributed by atoms with Gasteiger partial charge in [0.05, 0.1) is 13.2 Å². The summed E-state index contributed by atoms with van der Waals surface area (Å²) in [6.45, 7) is 12.7. The third-order valence-corrected chi connectivity index (χ3v) is 6.91. The largest absolute Gasteiger partial charge is 0.480 e. The van der Waals surface area contributed by atoms with Gasteiger partial charge in [0, 0.05) is 49.7 Å². The van der Waals surface area contributed by atoms with Gasteiger partial charge < -0.3 is 31.5 Å². The summed E-state index contributed by atoms with van der Waals surface area (Å²) in [4.78, 5) is 47.2. The van der Waals surface area contributed by atoms with Crippen LogP contribution in [0.4, 0.5) is 0 Å². The Hall–Kier alpha value is -2.98. The number of carboxylic acid groups (broad SMARTS) is 1. The van der Waals surface area contributed by atoms with Gasteiger partial charge in [0.2, 0.25) is 17.7 Å². The molecule has 0 heterocycles. The predicted molar refractivity (Wildman–Crippen MR) is 165 cm³/mol.